The summed E-state index contributed by atoms with van der Waals surface area (Å²) < 4.78 is 28.4. The van der Waals surface area contributed by atoms with Gasteiger partial charge in [-0.3, -0.25) is 13.9 Å². The second-order valence-corrected chi connectivity index (χ2v) is 11.5. The predicted molar refractivity (Wildman–Crippen MR) is 152 cm³/mol. The highest BCUT2D eigenvalue weighted by atomic mass is 35.5. The lowest BCUT2D eigenvalue weighted by Crippen LogP contribution is -2.51. The number of nitrogens with zero attached hydrogens (tertiary/aromatic N) is 2. The molecule has 0 spiro atoms. The molecule has 3 rings (SSSR count). The van der Waals surface area contributed by atoms with Gasteiger partial charge in [0.15, 0.2) is 0 Å². The molecule has 2 amide bonds. The van der Waals surface area contributed by atoms with Crippen LogP contribution < -0.4 is 9.62 Å². The van der Waals surface area contributed by atoms with Crippen molar-refractivity contribution in [3.05, 3.63) is 94.5 Å². The van der Waals surface area contributed by atoms with E-state index in [1.807, 2.05) is 6.92 Å². The van der Waals surface area contributed by atoms with E-state index < -0.39 is 28.5 Å². The smallest absolute Gasteiger partial charge is 0.264 e. The highest BCUT2D eigenvalue weighted by Gasteiger charge is 2.32. The lowest BCUT2D eigenvalue weighted by atomic mass is 10.1. The average molecular weight is 577 g/mol. The molecule has 0 aromatic heterocycles. The van der Waals surface area contributed by atoms with Gasteiger partial charge in [-0.1, -0.05) is 66.9 Å². The summed E-state index contributed by atoms with van der Waals surface area (Å²) in [5.41, 5.74) is 1.03. The van der Waals surface area contributed by atoms with E-state index in [4.69, 9.17) is 23.2 Å². The van der Waals surface area contributed by atoms with Gasteiger partial charge in [0, 0.05) is 23.1 Å². The van der Waals surface area contributed by atoms with Crippen molar-refractivity contribution in [2.75, 3.05) is 17.4 Å². The van der Waals surface area contributed by atoms with Crippen molar-refractivity contribution in [2.24, 2.45) is 0 Å². The highest BCUT2D eigenvalue weighted by Crippen LogP contribution is 2.25. The molecule has 3 aromatic rings. The van der Waals surface area contributed by atoms with Crippen molar-refractivity contribution >= 4 is 50.7 Å². The van der Waals surface area contributed by atoms with Crippen LogP contribution in [0.5, 0.6) is 0 Å². The lowest BCUT2D eigenvalue weighted by Gasteiger charge is -2.32. The number of halogens is 2. The van der Waals surface area contributed by atoms with Crippen LogP contribution in [0, 0.1) is 0 Å². The number of hydrogen-bond acceptors (Lipinski definition) is 4. The van der Waals surface area contributed by atoms with Crippen LogP contribution in [0.25, 0.3) is 0 Å². The van der Waals surface area contributed by atoms with Crippen LogP contribution in [0.3, 0.4) is 0 Å². The number of carbonyl (C=O) groups is 2. The normalized spacial score (nSPS) is 12.0. The zero-order chi connectivity index (χ0) is 27.7. The Morgan fingerprint density at radius 2 is 1.61 bits per heavy atom. The standard InChI is InChI=1S/C28H31Cl2N3O4S/c1-3-4-17-31-28(35)21(2)32(19-22-9-8-10-24(30)18-22)27(34)20-33(25-11-6-5-7-12-25)38(36,37)26-15-13-23(29)14-16-26/h5-16,18,21H,3-4,17,19-20H2,1-2H3,(H,31,35)/t21-/m1/s1. The molecule has 0 unspecified atom stereocenters. The minimum absolute atomic E-state index is 0.00898. The largest absolute Gasteiger partial charge is 0.354 e. The Labute approximate surface area is 234 Å². The number of hydrogen-bond donors (Lipinski definition) is 1. The third-order valence-electron chi connectivity index (χ3n) is 5.96. The van der Waals surface area contributed by atoms with E-state index in [0.29, 0.717) is 27.8 Å². The van der Waals surface area contributed by atoms with Crippen molar-refractivity contribution in [3.63, 3.8) is 0 Å². The van der Waals surface area contributed by atoms with Crippen LogP contribution in [0.2, 0.25) is 10.0 Å². The van der Waals surface area contributed by atoms with Gasteiger partial charge in [0.2, 0.25) is 11.8 Å². The summed E-state index contributed by atoms with van der Waals surface area (Å²) in [4.78, 5) is 28.1. The summed E-state index contributed by atoms with van der Waals surface area (Å²) in [6, 6.07) is 20.2. The van der Waals surface area contributed by atoms with Gasteiger partial charge in [0.1, 0.15) is 12.6 Å². The zero-order valence-corrected chi connectivity index (χ0v) is 23.6. The molecule has 0 aliphatic heterocycles. The highest BCUT2D eigenvalue weighted by molar-refractivity contribution is 7.92. The van der Waals surface area contributed by atoms with Gasteiger partial charge >= 0.3 is 0 Å². The Morgan fingerprint density at radius 3 is 2.24 bits per heavy atom. The first-order valence-corrected chi connectivity index (χ1v) is 14.5. The first-order valence-electron chi connectivity index (χ1n) is 12.3. The molecule has 0 saturated carbocycles. The van der Waals surface area contributed by atoms with E-state index in [1.54, 1.807) is 61.5 Å². The molecule has 7 nitrogen and oxygen atoms in total. The number of unbranched alkanes of at least 4 members (excludes halogenated alkanes) is 1. The molecule has 0 aliphatic carbocycles. The van der Waals surface area contributed by atoms with Crippen LogP contribution in [0.15, 0.2) is 83.8 Å². The van der Waals surface area contributed by atoms with E-state index in [2.05, 4.69) is 5.32 Å². The number of anilines is 1. The van der Waals surface area contributed by atoms with E-state index in [1.165, 1.54) is 29.2 Å². The molecule has 202 valence electrons. The summed E-state index contributed by atoms with van der Waals surface area (Å²) in [5, 5.41) is 3.74. The molecule has 10 heteroatoms. The fraction of sp³-hybridized carbons (Fsp3) is 0.286. The molecule has 38 heavy (non-hydrogen) atoms. The summed E-state index contributed by atoms with van der Waals surface area (Å²) in [6.07, 6.45) is 1.72. The molecule has 0 aliphatic rings. The van der Waals surface area contributed by atoms with E-state index in [-0.39, 0.29) is 17.3 Å². The van der Waals surface area contributed by atoms with E-state index in [0.717, 1.165) is 17.1 Å². The second kappa shape index (κ2) is 13.6. The maximum Gasteiger partial charge on any atom is 0.264 e. The van der Waals surface area contributed by atoms with Crippen molar-refractivity contribution in [3.8, 4) is 0 Å². The molecule has 1 atom stereocenters. The van der Waals surface area contributed by atoms with Crippen LogP contribution in [0.1, 0.15) is 32.3 Å². The Balaban J connectivity index is 1.97. The maximum atomic E-state index is 13.8. The zero-order valence-electron chi connectivity index (χ0n) is 21.3. The molecule has 0 fully saturated rings. The second-order valence-electron chi connectivity index (χ2n) is 8.77. The lowest BCUT2D eigenvalue weighted by molar-refractivity contribution is -0.139. The summed E-state index contributed by atoms with van der Waals surface area (Å²) in [6.45, 7) is 3.70. The van der Waals surface area contributed by atoms with Gasteiger partial charge in [-0.05, 0) is 67.4 Å². The molecule has 0 saturated heterocycles. The Kier molecular flexibility index (Phi) is 10.6. The van der Waals surface area contributed by atoms with Crippen molar-refractivity contribution < 1.29 is 18.0 Å². The van der Waals surface area contributed by atoms with Crippen LogP contribution in [0.4, 0.5) is 5.69 Å². The quantitative estimate of drug-likeness (QED) is 0.288. The van der Waals surface area contributed by atoms with Crippen LogP contribution >= 0.6 is 23.2 Å². The minimum atomic E-state index is -4.14. The number of benzene rings is 3. The van der Waals surface area contributed by atoms with E-state index in [9.17, 15) is 18.0 Å². The van der Waals surface area contributed by atoms with Crippen molar-refractivity contribution in [1.29, 1.82) is 0 Å². The predicted octanol–water partition coefficient (Wildman–Crippen LogP) is 5.52. The number of rotatable bonds is 12. The van der Waals surface area contributed by atoms with Gasteiger partial charge in [-0.15, -0.1) is 0 Å². The maximum absolute atomic E-state index is 13.8. The minimum Gasteiger partial charge on any atom is -0.354 e. The first kappa shape index (κ1) is 29.5. The fourth-order valence-corrected chi connectivity index (χ4v) is 5.56. The monoisotopic (exact) mass is 575 g/mol. The Hall–Kier alpha value is -3.07. The van der Waals surface area contributed by atoms with Gasteiger partial charge in [-0.2, -0.15) is 0 Å². The number of amides is 2. The number of sulfonamides is 1. The van der Waals surface area contributed by atoms with Crippen LogP contribution in [-0.4, -0.2) is 44.3 Å². The summed E-state index contributed by atoms with van der Waals surface area (Å²) >= 11 is 12.1. The number of carbonyl (C=O) groups excluding carboxylic acids is 2. The molecular formula is C28H31Cl2N3O4S. The van der Waals surface area contributed by atoms with Gasteiger partial charge < -0.3 is 10.2 Å². The molecule has 0 radical (unpaired) electrons. The molecule has 0 bridgehead atoms. The Bertz CT molecular complexity index is 1340. The van der Waals surface area contributed by atoms with E-state index >= 15 is 0 Å². The molecular weight excluding hydrogens is 545 g/mol. The van der Waals surface area contributed by atoms with Crippen LogP contribution in [-0.2, 0) is 26.2 Å². The molecule has 3 aromatic carbocycles. The van der Waals surface area contributed by atoms with Gasteiger partial charge in [0.05, 0.1) is 10.6 Å². The SMILES string of the molecule is CCCCNC(=O)[C@@H](C)N(Cc1cccc(Cl)c1)C(=O)CN(c1ccccc1)S(=O)(=O)c1ccc(Cl)cc1. The summed E-state index contributed by atoms with van der Waals surface area (Å²) in [7, 11) is -4.14. The third kappa shape index (κ3) is 7.72. The first-order chi connectivity index (χ1) is 18.1. The van der Waals surface area contributed by atoms with Crippen molar-refractivity contribution in [2.45, 2.75) is 44.2 Å². The molecule has 0 heterocycles. The fourth-order valence-electron chi connectivity index (χ4n) is 3.81. The van der Waals surface area contributed by atoms with Crippen molar-refractivity contribution in [1.82, 2.24) is 10.2 Å². The number of nitrogens with one attached hydrogen (secondary N) is 1. The average Bonchev–Trinajstić information content (AvgIpc) is 2.90. The van der Waals surface area contributed by atoms with Gasteiger partial charge in [0.25, 0.3) is 10.0 Å². The molecule has 1 N–H and O–H groups in total. The van der Waals surface area contributed by atoms with Gasteiger partial charge in [-0.25, -0.2) is 8.42 Å². The Morgan fingerprint density at radius 1 is 0.921 bits per heavy atom. The third-order valence-corrected chi connectivity index (χ3v) is 8.24. The summed E-state index contributed by atoms with van der Waals surface area (Å²) in [5.74, 6) is -0.856. The number of para-hydroxylation sites is 1. The topological polar surface area (TPSA) is 86.8 Å².